The van der Waals surface area contributed by atoms with Gasteiger partial charge in [0.2, 0.25) is 0 Å². The molecule has 1 aliphatic rings. The van der Waals surface area contributed by atoms with Crippen LogP contribution in [0.4, 0.5) is 10.5 Å². The number of anilines is 1. The Morgan fingerprint density at radius 1 is 1.50 bits per heavy atom. The van der Waals surface area contributed by atoms with Gasteiger partial charge in [-0.1, -0.05) is 11.6 Å². The Morgan fingerprint density at radius 2 is 2.25 bits per heavy atom. The topological polar surface area (TPSA) is 54.0 Å². The summed E-state index contributed by atoms with van der Waals surface area (Å²) in [5, 5.41) is 6.16. The highest BCUT2D eigenvalue weighted by Crippen LogP contribution is 2.30. The first-order valence-corrected chi connectivity index (χ1v) is 5.65. The summed E-state index contributed by atoms with van der Waals surface area (Å²) in [6.07, 6.45) is 6.34. The van der Waals surface area contributed by atoms with Gasteiger partial charge in [-0.05, 0) is 32.3 Å². The van der Waals surface area contributed by atoms with Gasteiger partial charge in [-0.3, -0.25) is 4.98 Å². The summed E-state index contributed by atoms with van der Waals surface area (Å²) < 4.78 is 0. The van der Waals surface area contributed by atoms with Crippen LogP contribution < -0.4 is 10.6 Å². The molecule has 2 N–H and O–H groups in total. The maximum Gasteiger partial charge on any atom is 0.319 e. The Kier molecular flexibility index (Phi) is 3.01. The fourth-order valence-corrected chi connectivity index (χ4v) is 1.92. The van der Waals surface area contributed by atoms with E-state index in [-0.39, 0.29) is 11.6 Å². The minimum absolute atomic E-state index is 0.0455. The van der Waals surface area contributed by atoms with Gasteiger partial charge in [0.15, 0.2) is 0 Å². The van der Waals surface area contributed by atoms with Crippen molar-refractivity contribution in [2.24, 2.45) is 0 Å². The van der Waals surface area contributed by atoms with Gasteiger partial charge in [-0.2, -0.15) is 0 Å². The summed E-state index contributed by atoms with van der Waals surface area (Å²) >= 11 is 5.77. The van der Waals surface area contributed by atoms with Crippen LogP contribution in [0.5, 0.6) is 0 Å². The molecule has 1 aromatic rings. The van der Waals surface area contributed by atoms with E-state index in [1.807, 2.05) is 6.92 Å². The highest BCUT2D eigenvalue weighted by molar-refractivity contribution is 6.30. The molecule has 0 atom stereocenters. The number of hydrogen-bond donors (Lipinski definition) is 2. The maximum atomic E-state index is 11.6. The van der Waals surface area contributed by atoms with Crippen molar-refractivity contribution in [2.75, 3.05) is 5.32 Å². The van der Waals surface area contributed by atoms with E-state index in [1.165, 1.54) is 12.6 Å². The second kappa shape index (κ2) is 4.29. The molecule has 0 saturated heterocycles. The molecule has 1 fully saturated rings. The van der Waals surface area contributed by atoms with E-state index in [0.717, 1.165) is 12.8 Å². The molecular formula is C11H14ClN3O. The number of hydrogen-bond acceptors (Lipinski definition) is 2. The number of urea groups is 1. The third-order valence-corrected chi connectivity index (χ3v) is 3.04. The summed E-state index contributed by atoms with van der Waals surface area (Å²) in [5.74, 6) is 0. The van der Waals surface area contributed by atoms with Gasteiger partial charge in [-0.25, -0.2) is 4.79 Å². The Morgan fingerprint density at radius 3 is 2.81 bits per heavy atom. The average Bonchev–Trinajstić information content (AvgIpc) is 2.15. The van der Waals surface area contributed by atoms with E-state index in [9.17, 15) is 4.79 Å². The van der Waals surface area contributed by atoms with Crippen LogP contribution in [0.3, 0.4) is 0 Å². The number of amides is 2. The van der Waals surface area contributed by atoms with Crippen LogP contribution in [-0.2, 0) is 0 Å². The predicted octanol–water partition coefficient (Wildman–Crippen LogP) is 2.80. The molecular weight excluding hydrogens is 226 g/mol. The Labute approximate surface area is 99.4 Å². The molecule has 0 radical (unpaired) electrons. The van der Waals surface area contributed by atoms with E-state index in [1.54, 1.807) is 12.3 Å². The van der Waals surface area contributed by atoms with Crippen molar-refractivity contribution in [1.29, 1.82) is 0 Å². The minimum atomic E-state index is -0.203. The summed E-state index contributed by atoms with van der Waals surface area (Å²) in [6, 6.07) is 1.46. The zero-order valence-electron chi connectivity index (χ0n) is 9.09. The molecule has 16 heavy (non-hydrogen) atoms. The van der Waals surface area contributed by atoms with Crippen LogP contribution in [0, 0.1) is 0 Å². The summed E-state index contributed by atoms with van der Waals surface area (Å²) in [7, 11) is 0. The van der Waals surface area contributed by atoms with Gasteiger partial charge >= 0.3 is 6.03 Å². The van der Waals surface area contributed by atoms with Crippen molar-refractivity contribution < 1.29 is 4.79 Å². The third kappa shape index (κ3) is 2.64. The van der Waals surface area contributed by atoms with Crippen LogP contribution in [0.1, 0.15) is 26.2 Å². The van der Waals surface area contributed by atoms with E-state index >= 15 is 0 Å². The van der Waals surface area contributed by atoms with Crippen LogP contribution >= 0.6 is 11.6 Å². The molecule has 1 aliphatic carbocycles. The van der Waals surface area contributed by atoms with E-state index in [4.69, 9.17) is 11.6 Å². The molecule has 1 saturated carbocycles. The molecule has 0 bridgehead atoms. The van der Waals surface area contributed by atoms with Gasteiger partial charge in [0, 0.05) is 11.7 Å². The zero-order valence-corrected chi connectivity index (χ0v) is 9.84. The number of halogens is 1. The third-order valence-electron chi connectivity index (χ3n) is 2.84. The second-order valence-electron chi connectivity index (χ2n) is 4.39. The Balaban J connectivity index is 1.92. The Bertz CT molecular complexity index is 404. The van der Waals surface area contributed by atoms with Gasteiger partial charge in [-0.15, -0.1) is 0 Å². The Hall–Kier alpha value is -1.29. The molecule has 0 unspecified atom stereocenters. The van der Waals surface area contributed by atoms with Gasteiger partial charge in [0.05, 0.1) is 16.9 Å². The lowest BCUT2D eigenvalue weighted by Crippen LogP contribution is -2.52. The van der Waals surface area contributed by atoms with Gasteiger partial charge < -0.3 is 10.6 Å². The molecule has 4 nitrogen and oxygen atoms in total. The lowest BCUT2D eigenvalue weighted by molar-refractivity contribution is 0.200. The van der Waals surface area contributed by atoms with Crippen LogP contribution in [0.15, 0.2) is 18.5 Å². The lowest BCUT2D eigenvalue weighted by atomic mass is 9.79. The number of carbonyl (C=O) groups is 1. The molecule has 2 amide bonds. The van der Waals surface area contributed by atoms with Gasteiger partial charge in [0.25, 0.3) is 0 Å². The van der Waals surface area contributed by atoms with Crippen LogP contribution in [0.2, 0.25) is 5.02 Å². The first kappa shape index (κ1) is 11.2. The number of rotatable bonds is 2. The number of nitrogens with zero attached hydrogens (tertiary/aromatic N) is 1. The van der Waals surface area contributed by atoms with Crippen molar-refractivity contribution >= 4 is 23.3 Å². The molecule has 0 aromatic carbocycles. The lowest BCUT2D eigenvalue weighted by Gasteiger charge is -2.38. The smallest absolute Gasteiger partial charge is 0.319 e. The first-order valence-electron chi connectivity index (χ1n) is 5.27. The van der Waals surface area contributed by atoms with Gasteiger partial charge in [0.1, 0.15) is 0 Å². The standard InChI is InChI=1S/C11H14ClN3O/c1-11(3-2-4-11)15-10(16)14-9-5-8(12)6-13-7-9/h5-7H,2-4H2,1H3,(H2,14,15,16). The zero-order chi connectivity index (χ0) is 11.6. The molecule has 86 valence electrons. The largest absolute Gasteiger partial charge is 0.333 e. The molecule has 1 aromatic heterocycles. The number of pyridine rings is 1. The van der Waals surface area contributed by atoms with E-state index in [0.29, 0.717) is 10.7 Å². The van der Waals surface area contributed by atoms with Crippen molar-refractivity contribution in [3.8, 4) is 0 Å². The normalized spacial score (nSPS) is 17.4. The quantitative estimate of drug-likeness (QED) is 0.834. The number of nitrogens with one attached hydrogen (secondary N) is 2. The van der Waals surface area contributed by atoms with Crippen molar-refractivity contribution in [1.82, 2.24) is 10.3 Å². The highest BCUT2D eigenvalue weighted by atomic mass is 35.5. The van der Waals surface area contributed by atoms with Crippen molar-refractivity contribution in [3.63, 3.8) is 0 Å². The maximum absolute atomic E-state index is 11.6. The summed E-state index contributed by atoms with van der Waals surface area (Å²) in [5.41, 5.74) is 0.559. The monoisotopic (exact) mass is 239 g/mol. The minimum Gasteiger partial charge on any atom is -0.333 e. The number of aromatic nitrogens is 1. The predicted molar refractivity (Wildman–Crippen MR) is 63.7 cm³/mol. The van der Waals surface area contributed by atoms with E-state index < -0.39 is 0 Å². The van der Waals surface area contributed by atoms with Crippen LogP contribution in [0.25, 0.3) is 0 Å². The van der Waals surface area contributed by atoms with E-state index in [2.05, 4.69) is 15.6 Å². The molecule has 0 aliphatic heterocycles. The molecule has 0 spiro atoms. The second-order valence-corrected chi connectivity index (χ2v) is 4.82. The fraction of sp³-hybridized carbons (Fsp3) is 0.455. The fourth-order valence-electron chi connectivity index (χ4n) is 1.75. The molecule has 5 heteroatoms. The summed E-state index contributed by atoms with van der Waals surface area (Å²) in [4.78, 5) is 15.5. The first-order chi connectivity index (χ1) is 7.57. The SMILES string of the molecule is CC1(NC(=O)Nc2cncc(Cl)c2)CCC1. The van der Waals surface area contributed by atoms with Crippen molar-refractivity contribution in [2.45, 2.75) is 31.7 Å². The molecule has 2 rings (SSSR count). The highest BCUT2D eigenvalue weighted by Gasteiger charge is 2.33. The summed E-state index contributed by atoms with van der Waals surface area (Å²) in [6.45, 7) is 2.05. The van der Waals surface area contributed by atoms with Crippen LogP contribution in [-0.4, -0.2) is 16.6 Å². The number of carbonyl (C=O) groups excluding carboxylic acids is 1. The van der Waals surface area contributed by atoms with Crippen molar-refractivity contribution in [3.05, 3.63) is 23.5 Å². The average molecular weight is 240 g/mol. The molecule has 1 heterocycles.